The molecule has 1 rings (SSSR count). The van der Waals surface area contributed by atoms with Crippen LogP contribution in [0.5, 0.6) is 0 Å². The van der Waals surface area contributed by atoms with Gasteiger partial charge in [0.1, 0.15) is 0 Å². The smallest absolute Gasteiger partial charge is 0.0589 e. The molecule has 0 aromatic carbocycles. The van der Waals surface area contributed by atoms with Crippen molar-refractivity contribution in [2.24, 2.45) is 0 Å². The van der Waals surface area contributed by atoms with E-state index in [1.165, 1.54) is 32.2 Å². The first kappa shape index (κ1) is 12.9. The molecule has 0 aromatic rings. The molecule has 0 aromatic heterocycles. The van der Waals surface area contributed by atoms with Gasteiger partial charge in [0, 0.05) is 25.7 Å². The summed E-state index contributed by atoms with van der Waals surface area (Å²) in [4.78, 5) is 2.39. The summed E-state index contributed by atoms with van der Waals surface area (Å²) in [5.41, 5.74) is 0.386. The first-order valence-electron chi connectivity index (χ1n) is 6.15. The Bertz CT molecular complexity index is 167. The Kier molecular flexibility index (Phi) is 5.58. The van der Waals surface area contributed by atoms with Crippen LogP contribution in [0.2, 0.25) is 0 Å². The van der Waals surface area contributed by atoms with Crippen molar-refractivity contribution in [2.45, 2.75) is 38.1 Å². The summed E-state index contributed by atoms with van der Waals surface area (Å²) in [6, 6.07) is 0. The van der Waals surface area contributed by atoms with Crippen LogP contribution in [0.25, 0.3) is 0 Å². The minimum atomic E-state index is 0.386. The molecule has 3 heteroatoms. The summed E-state index contributed by atoms with van der Waals surface area (Å²) in [6.45, 7) is 6.49. The number of hydrogen-bond acceptors (Lipinski definition) is 3. The Labute approximate surface area is 94.2 Å². The number of likely N-dealkylation sites (N-methyl/N-ethyl adjacent to an activating group) is 1. The van der Waals surface area contributed by atoms with E-state index >= 15 is 0 Å². The quantitative estimate of drug-likeness (QED) is 0.695. The third-order valence-corrected chi connectivity index (χ3v) is 3.31. The predicted octanol–water partition coefficient (Wildman–Crippen LogP) is 1.49. The molecule has 0 aliphatic carbocycles. The van der Waals surface area contributed by atoms with Crippen LogP contribution in [0.15, 0.2) is 0 Å². The monoisotopic (exact) mass is 214 g/mol. The van der Waals surface area contributed by atoms with Gasteiger partial charge in [-0.15, -0.1) is 0 Å². The largest absolute Gasteiger partial charge is 0.383 e. The van der Waals surface area contributed by atoms with Gasteiger partial charge in [0.15, 0.2) is 0 Å². The molecule has 15 heavy (non-hydrogen) atoms. The van der Waals surface area contributed by atoms with Crippen LogP contribution in [-0.2, 0) is 4.74 Å². The molecule has 3 nitrogen and oxygen atoms in total. The van der Waals surface area contributed by atoms with Gasteiger partial charge in [0.2, 0.25) is 0 Å². The average Bonchev–Trinajstić information content (AvgIpc) is 2.64. The summed E-state index contributed by atoms with van der Waals surface area (Å²) in [7, 11) is 3.96. The lowest BCUT2D eigenvalue weighted by molar-refractivity contribution is 0.139. The second-order valence-corrected chi connectivity index (χ2v) is 4.79. The summed E-state index contributed by atoms with van der Waals surface area (Å²) in [5.74, 6) is 0. The van der Waals surface area contributed by atoms with Gasteiger partial charge < -0.3 is 15.0 Å². The van der Waals surface area contributed by atoms with E-state index in [-0.39, 0.29) is 0 Å². The highest BCUT2D eigenvalue weighted by Gasteiger charge is 2.33. The standard InChI is InChI=1S/C12H26N2O/c1-4-6-12(7-5-8-13-12)11-14(2)9-10-15-3/h13H,4-11H2,1-3H3. The van der Waals surface area contributed by atoms with Crippen LogP contribution in [0, 0.1) is 0 Å². The Hall–Kier alpha value is -0.120. The lowest BCUT2D eigenvalue weighted by Crippen LogP contribution is -2.49. The third-order valence-electron chi connectivity index (χ3n) is 3.31. The summed E-state index contributed by atoms with van der Waals surface area (Å²) >= 11 is 0. The van der Waals surface area contributed by atoms with E-state index in [0.29, 0.717) is 5.54 Å². The number of rotatable bonds is 7. The fourth-order valence-corrected chi connectivity index (χ4v) is 2.62. The SMILES string of the molecule is CCCC1(CN(C)CCOC)CCCN1. The number of methoxy groups -OCH3 is 1. The van der Waals surface area contributed by atoms with Gasteiger partial charge in [0.25, 0.3) is 0 Å². The van der Waals surface area contributed by atoms with Crippen LogP contribution >= 0.6 is 0 Å². The zero-order valence-electron chi connectivity index (χ0n) is 10.5. The number of ether oxygens (including phenoxy) is 1. The maximum absolute atomic E-state index is 5.11. The highest BCUT2D eigenvalue weighted by Crippen LogP contribution is 2.25. The summed E-state index contributed by atoms with van der Waals surface area (Å²) < 4.78 is 5.11. The highest BCUT2D eigenvalue weighted by molar-refractivity contribution is 4.94. The summed E-state index contributed by atoms with van der Waals surface area (Å²) in [6.07, 6.45) is 5.23. The van der Waals surface area contributed by atoms with E-state index < -0.39 is 0 Å². The minimum absolute atomic E-state index is 0.386. The zero-order valence-corrected chi connectivity index (χ0v) is 10.5. The van der Waals surface area contributed by atoms with Gasteiger partial charge in [-0.2, -0.15) is 0 Å². The fourth-order valence-electron chi connectivity index (χ4n) is 2.62. The Morgan fingerprint density at radius 3 is 2.80 bits per heavy atom. The summed E-state index contributed by atoms with van der Waals surface area (Å²) in [5, 5.41) is 3.70. The average molecular weight is 214 g/mol. The van der Waals surface area contributed by atoms with E-state index in [4.69, 9.17) is 4.74 Å². The van der Waals surface area contributed by atoms with Crippen molar-refractivity contribution in [1.82, 2.24) is 10.2 Å². The molecule has 1 N–H and O–H groups in total. The molecule has 0 radical (unpaired) electrons. The van der Waals surface area contributed by atoms with Crippen LogP contribution < -0.4 is 5.32 Å². The number of hydrogen-bond donors (Lipinski definition) is 1. The Balaban J connectivity index is 2.36. The molecule has 90 valence electrons. The van der Waals surface area contributed by atoms with E-state index in [2.05, 4.69) is 24.2 Å². The molecule has 1 heterocycles. The van der Waals surface area contributed by atoms with Gasteiger partial charge in [0.05, 0.1) is 6.61 Å². The van der Waals surface area contributed by atoms with Crippen LogP contribution in [0.3, 0.4) is 0 Å². The van der Waals surface area contributed by atoms with Gasteiger partial charge >= 0.3 is 0 Å². The Morgan fingerprint density at radius 2 is 2.27 bits per heavy atom. The number of nitrogens with zero attached hydrogens (tertiary/aromatic N) is 1. The molecular formula is C12H26N2O. The van der Waals surface area contributed by atoms with Gasteiger partial charge in [-0.1, -0.05) is 13.3 Å². The molecule has 1 fully saturated rings. The fraction of sp³-hybridized carbons (Fsp3) is 1.00. The van der Waals surface area contributed by atoms with Crippen molar-refractivity contribution in [2.75, 3.05) is 40.4 Å². The molecule has 1 atom stereocenters. The Morgan fingerprint density at radius 1 is 1.47 bits per heavy atom. The lowest BCUT2D eigenvalue weighted by Gasteiger charge is -2.33. The first-order valence-corrected chi connectivity index (χ1v) is 6.15. The van der Waals surface area contributed by atoms with Crippen LogP contribution in [0.4, 0.5) is 0 Å². The van der Waals surface area contributed by atoms with E-state index in [9.17, 15) is 0 Å². The third kappa shape index (κ3) is 4.09. The van der Waals surface area contributed by atoms with E-state index in [0.717, 1.165) is 19.7 Å². The minimum Gasteiger partial charge on any atom is -0.383 e. The molecule has 0 saturated carbocycles. The second kappa shape index (κ2) is 6.46. The normalized spacial score (nSPS) is 26.4. The van der Waals surface area contributed by atoms with Crippen molar-refractivity contribution >= 4 is 0 Å². The highest BCUT2D eigenvalue weighted by atomic mass is 16.5. The van der Waals surface area contributed by atoms with Gasteiger partial charge in [-0.05, 0) is 32.9 Å². The number of nitrogens with one attached hydrogen (secondary N) is 1. The van der Waals surface area contributed by atoms with Gasteiger partial charge in [-0.25, -0.2) is 0 Å². The lowest BCUT2D eigenvalue weighted by atomic mass is 9.91. The van der Waals surface area contributed by atoms with Crippen molar-refractivity contribution in [3.63, 3.8) is 0 Å². The maximum Gasteiger partial charge on any atom is 0.0589 e. The first-order chi connectivity index (χ1) is 7.22. The maximum atomic E-state index is 5.11. The molecule has 0 bridgehead atoms. The van der Waals surface area contributed by atoms with Crippen molar-refractivity contribution in [3.8, 4) is 0 Å². The molecule has 0 amide bonds. The van der Waals surface area contributed by atoms with Crippen molar-refractivity contribution in [1.29, 1.82) is 0 Å². The molecular weight excluding hydrogens is 188 g/mol. The second-order valence-electron chi connectivity index (χ2n) is 4.79. The molecule has 1 aliphatic heterocycles. The topological polar surface area (TPSA) is 24.5 Å². The molecule has 1 unspecified atom stereocenters. The van der Waals surface area contributed by atoms with Gasteiger partial charge in [-0.3, -0.25) is 0 Å². The van der Waals surface area contributed by atoms with Crippen LogP contribution in [-0.4, -0.2) is 50.8 Å². The van der Waals surface area contributed by atoms with E-state index in [1.54, 1.807) is 7.11 Å². The zero-order chi connectivity index (χ0) is 11.1. The molecule has 0 spiro atoms. The predicted molar refractivity (Wildman–Crippen MR) is 64.2 cm³/mol. The van der Waals surface area contributed by atoms with Crippen molar-refractivity contribution < 1.29 is 4.74 Å². The van der Waals surface area contributed by atoms with Crippen LogP contribution in [0.1, 0.15) is 32.6 Å². The van der Waals surface area contributed by atoms with E-state index in [1.807, 2.05) is 0 Å². The van der Waals surface area contributed by atoms with Crippen molar-refractivity contribution in [3.05, 3.63) is 0 Å². The molecule has 1 saturated heterocycles. The molecule has 1 aliphatic rings.